The molecule has 2 aliphatic heterocycles. The summed E-state index contributed by atoms with van der Waals surface area (Å²) < 4.78 is 34.1. The second kappa shape index (κ2) is 7.76. The molecule has 0 aromatic carbocycles. The van der Waals surface area contributed by atoms with Gasteiger partial charge < -0.3 is 14.7 Å². The number of likely N-dealkylation sites (tertiary alicyclic amines) is 1. The second-order valence-electron chi connectivity index (χ2n) is 8.08. The molecule has 1 N–H and O–H groups in total. The molecule has 158 valence electrons. The molecule has 4 heterocycles. The van der Waals surface area contributed by atoms with Crippen molar-refractivity contribution in [3.05, 3.63) is 28.8 Å². The molecule has 0 bridgehead atoms. The number of hydrogen-bond donors (Lipinski definition) is 1. The van der Waals surface area contributed by atoms with Gasteiger partial charge in [0.2, 0.25) is 0 Å². The Morgan fingerprint density at radius 3 is 2.93 bits per heavy atom. The summed E-state index contributed by atoms with van der Waals surface area (Å²) in [7, 11) is 0. The maximum absolute atomic E-state index is 13.7. The number of carbonyl (C=O) groups is 1. The molecule has 1 saturated heterocycles. The summed E-state index contributed by atoms with van der Waals surface area (Å²) in [6.45, 7) is 6.70. The number of fused-ring (bicyclic) bond motifs is 1. The lowest BCUT2D eigenvalue weighted by atomic mass is 9.85. The predicted octanol–water partition coefficient (Wildman–Crippen LogP) is 3.59. The van der Waals surface area contributed by atoms with Crippen LogP contribution in [0.15, 0.2) is 10.6 Å². The number of aromatic nitrogens is 3. The molecule has 9 heteroatoms. The van der Waals surface area contributed by atoms with Gasteiger partial charge in [0.05, 0.1) is 11.4 Å². The number of anilines is 1. The van der Waals surface area contributed by atoms with Gasteiger partial charge in [-0.2, -0.15) is 5.10 Å². The highest BCUT2D eigenvalue weighted by Gasteiger charge is 2.39. The van der Waals surface area contributed by atoms with E-state index in [0.29, 0.717) is 54.5 Å². The molecule has 1 fully saturated rings. The molecule has 7 nitrogen and oxygen atoms in total. The van der Waals surface area contributed by atoms with Crippen LogP contribution < -0.4 is 5.32 Å². The normalized spacial score (nSPS) is 24.5. The van der Waals surface area contributed by atoms with E-state index in [1.807, 2.05) is 11.8 Å². The number of nitrogens with zero attached hydrogens (tertiary/aromatic N) is 4. The van der Waals surface area contributed by atoms with E-state index in [-0.39, 0.29) is 17.9 Å². The van der Waals surface area contributed by atoms with Crippen LogP contribution in [-0.2, 0) is 6.42 Å². The molecule has 29 heavy (non-hydrogen) atoms. The van der Waals surface area contributed by atoms with Crippen molar-refractivity contribution in [3.63, 3.8) is 0 Å². The fourth-order valence-electron chi connectivity index (χ4n) is 4.62. The first kappa shape index (κ1) is 19.8. The number of hydrogen-bond acceptors (Lipinski definition) is 5. The summed E-state index contributed by atoms with van der Waals surface area (Å²) >= 11 is 0. The van der Waals surface area contributed by atoms with Gasteiger partial charge in [-0.25, -0.2) is 13.5 Å². The van der Waals surface area contributed by atoms with Gasteiger partial charge in [0, 0.05) is 31.6 Å². The van der Waals surface area contributed by atoms with E-state index in [4.69, 9.17) is 4.52 Å². The monoisotopic (exact) mass is 407 g/mol. The first-order valence-electron chi connectivity index (χ1n) is 10.2. The lowest BCUT2D eigenvalue weighted by Crippen LogP contribution is -2.48. The summed E-state index contributed by atoms with van der Waals surface area (Å²) in [5.41, 5.74) is 1.86. The third-order valence-electron chi connectivity index (χ3n) is 6.07. The maximum atomic E-state index is 13.7. The van der Waals surface area contributed by atoms with Crippen LogP contribution in [0.1, 0.15) is 59.7 Å². The van der Waals surface area contributed by atoms with Gasteiger partial charge >= 0.3 is 0 Å². The fraction of sp³-hybridized carbons (Fsp3) is 0.650. The number of alkyl halides is 2. The van der Waals surface area contributed by atoms with Crippen molar-refractivity contribution in [3.8, 4) is 0 Å². The Balaban J connectivity index is 1.53. The van der Waals surface area contributed by atoms with E-state index in [1.165, 1.54) is 4.68 Å². The molecule has 2 aromatic rings. The van der Waals surface area contributed by atoms with Crippen LogP contribution in [0.2, 0.25) is 0 Å². The predicted molar refractivity (Wildman–Crippen MR) is 103 cm³/mol. The summed E-state index contributed by atoms with van der Waals surface area (Å²) in [5, 5.41) is 11.6. The largest absolute Gasteiger partial charge is 0.367 e. The van der Waals surface area contributed by atoms with Gasteiger partial charge in [-0.1, -0.05) is 12.1 Å². The van der Waals surface area contributed by atoms with Crippen LogP contribution in [0.5, 0.6) is 0 Å². The maximum Gasteiger partial charge on any atom is 0.260 e. The Morgan fingerprint density at radius 2 is 2.21 bits per heavy atom. The van der Waals surface area contributed by atoms with Gasteiger partial charge in [-0.05, 0) is 39.0 Å². The smallest absolute Gasteiger partial charge is 0.260 e. The van der Waals surface area contributed by atoms with Crippen LogP contribution in [0.3, 0.4) is 0 Å². The SMILES string of the molecule is CCc1onc(C)c1C(=O)N1CCC[C@H]([C@@H]2C[C@H](C(F)F)n3nc(C)cc3N2)C1. The number of halogens is 2. The van der Waals surface area contributed by atoms with Crippen LogP contribution in [0.25, 0.3) is 0 Å². The molecule has 4 rings (SSSR count). The summed E-state index contributed by atoms with van der Waals surface area (Å²) in [5.74, 6) is 1.26. The van der Waals surface area contributed by atoms with Gasteiger partial charge in [-0.3, -0.25) is 4.79 Å². The molecule has 0 unspecified atom stereocenters. The number of piperidine rings is 1. The van der Waals surface area contributed by atoms with E-state index in [0.717, 1.165) is 12.8 Å². The Labute approximate surface area is 168 Å². The van der Waals surface area contributed by atoms with E-state index in [1.54, 1.807) is 19.9 Å². The highest BCUT2D eigenvalue weighted by Crippen LogP contribution is 2.36. The first-order chi connectivity index (χ1) is 13.9. The summed E-state index contributed by atoms with van der Waals surface area (Å²) in [6.07, 6.45) is 0.158. The van der Waals surface area contributed by atoms with Gasteiger partial charge in [-0.15, -0.1) is 0 Å². The van der Waals surface area contributed by atoms with Crippen LogP contribution in [0, 0.1) is 19.8 Å². The molecule has 0 spiro atoms. The van der Waals surface area contributed by atoms with Crippen LogP contribution in [0.4, 0.5) is 14.6 Å². The van der Waals surface area contributed by atoms with Gasteiger partial charge in [0.15, 0.2) is 0 Å². The standard InChI is InChI=1S/C20H27F2N5O2/c1-4-16-18(12(3)25-29-16)20(28)26-7-5-6-13(10-26)14-9-15(19(21)22)27-17(23-14)8-11(2)24-27/h8,13-15,19,23H,4-7,9-10H2,1-3H3/t13-,14-,15+/m0/s1. The number of nitrogens with one attached hydrogen (secondary N) is 1. The average molecular weight is 407 g/mol. The Morgan fingerprint density at radius 1 is 1.41 bits per heavy atom. The van der Waals surface area contributed by atoms with Crippen molar-refractivity contribution in [2.24, 2.45) is 5.92 Å². The summed E-state index contributed by atoms with van der Waals surface area (Å²) in [4.78, 5) is 15.0. The Hall–Kier alpha value is -2.45. The highest BCUT2D eigenvalue weighted by molar-refractivity contribution is 5.96. The molecule has 1 amide bonds. The fourth-order valence-corrected chi connectivity index (χ4v) is 4.62. The number of rotatable bonds is 4. The van der Waals surface area contributed by atoms with E-state index >= 15 is 0 Å². The van der Waals surface area contributed by atoms with Crippen molar-refractivity contribution in [2.75, 3.05) is 18.4 Å². The molecule has 2 aliphatic rings. The van der Waals surface area contributed by atoms with Crippen molar-refractivity contribution in [1.82, 2.24) is 19.8 Å². The second-order valence-corrected chi connectivity index (χ2v) is 8.08. The minimum absolute atomic E-state index is 0.0765. The highest BCUT2D eigenvalue weighted by atomic mass is 19.3. The van der Waals surface area contributed by atoms with E-state index < -0.39 is 12.5 Å². The molecule has 0 aliphatic carbocycles. The molecular formula is C20H27F2N5O2. The average Bonchev–Trinajstić information content (AvgIpc) is 3.27. The van der Waals surface area contributed by atoms with Crippen molar-refractivity contribution in [1.29, 1.82) is 0 Å². The van der Waals surface area contributed by atoms with E-state index in [9.17, 15) is 13.6 Å². The Kier molecular flexibility index (Phi) is 5.31. The molecule has 0 saturated carbocycles. The molecular weight excluding hydrogens is 380 g/mol. The zero-order valence-electron chi connectivity index (χ0n) is 17.0. The number of aryl methyl sites for hydroxylation is 3. The minimum atomic E-state index is -2.48. The van der Waals surface area contributed by atoms with Gasteiger partial charge in [0.1, 0.15) is 23.2 Å². The molecule has 3 atom stereocenters. The zero-order chi connectivity index (χ0) is 20.7. The van der Waals surface area contributed by atoms with Crippen molar-refractivity contribution < 1.29 is 18.1 Å². The number of carbonyl (C=O) groups excluding carboxylic acids is 1. The quantitative estimate of drug-likeness (QED) is 0.838. The number of amides is 1. The molecule has 2 aromatic heterocycles. The van der Waals surface area contributed by atoms with Crippen molar-refractivity contribution >= 4 is 11.7 Å². The zero-order valence-corrected chi connectivity index (χ0v) is 17.0. The lowest BCUT2D eigenvalue weighted by molar-refractivity contribution is 0.0504. The van der Waals surface area contributed by atoms with E-state index in [2.05, 4.69) is 15.6 Å². The third-order valence-corrected chi connectivity index (χ3v) is 6.07. The molecule has 0 radical (unpaired) electrons. The Bertz CT molecular complexity index is 894. The van der Waals surface area contributed by atoms with Crippen LogP contribution in [-0.4, -0.2) is 51.3 Å². The van der Waals surface area contributed by atoms with Crippen LogP contribution >= 0.6 is 0 Å². The van der Waals surface area contributed by atoms with Crippen molar-refractivity contribution in [2.45, 2.75) is 65.0 Å². The lowest BCUT2D eigenvalue weighted by Gasteiger charge is -2.41. The third kappa shape index (κ3) is 3.62. The summed E-state index contributed by atoms with van der Waals surface area (Å²) in [6, 6.07) is 0.742. The van der Waals surface area contributed by atoms with Gasteiger partial charge in [0.25, 0.3) is 12.3 Å². The topological polar surface area (TPSA) is 76.2 Å². The minimum Gasteiger partial charge on any atom is -0.367 e. The first-order valence-corrected chi connectivity index (χ1v) is 10.2.